The SMILES string of the molecule is C=Nc1ccc(OC)cc1C(=O)N1CCc2ccccc21.COCc1cc(COP)cc([N+](=O)[O-])c1. The number of nitro benzene ring substituents is 1. The van der Waals surface area contributed by atoms with Gasteiger partial charge in [-0.05, 0) is 54.1 Å². The zero-order chi connectivity index (χ0) is 26.1. The molecule has 4 rings (SSSR count). The van der Waals surface area contributed by atoms with Crippen molar-refractivity contribution in [3.8, 4) is 5.75 Å². The Hall–Kier alpha value is -3.65. The van der Waals surface area contributed by atoms with Gasteiger partial charge >= 0.3 is 0 Å². The van der Waals surface area contributed by atoms with Gasteiger partial charge in [0, 0.05) is 40.9 Å². The van der Waals surface area contributed by atoms with Crippen molar-refractivity contribution in [3.63, 3.8) is 0 Å². The van der Waals surface area contributed by atoms with Crippen LogP contribution in [0, 0.1) is 10.1 Å². The Morgan fingerprint density at radius 3 is 2.47 bits per heavy atom. The molecule has 0 spiro atoms. The second-order valence-corrected chi connectivity index (χ2v) is 8.22. The van der Waals surface area contributed by atoms with Crippen LogP contribution < -0.4 is 9.64 Å². The molecule has 1 atom stereocenters. The standard InChI is InChI=1S/C17H16N2O2.C9H12NO4P/c1-18-15-8-7-13(21-2)11-14(15)17(20)19-10-9-12-5-3-4-6-16(12)19;1-13-5-7-2-8(6-14-15)4-9(3-7)10(11)12/h3-8,11H,1,9-10H2,2H3;2-4H,5-6,15H2,1H3. The summed E-state index contributed by atoms with van der Waals surface area (Å²) in [7, 11) is 5.24. The van der Waals surface area contributed by atoms with E-state index in [4.69, 9.17) is 14.0 Å². The number of anilines is 1. The van der Waals surface area contributed by atoms with Gasteiger partial charge in [-0.1, -0.05) is 24.3 Å². The molecule has 0 saturated carbocycles. The summed E-state index contributed by atoms with van der Waals surface area (Å²) >= 11 is 0. The van der Waals surface area contributed by atoms with E-state index in [9.17, 15) is 14.9 Å². The molecule has 1 aliphatic heterocycles. The predicted molar refractivity (Wildman–Crippen MR) is 142 cm³/mol. The lowest BCUT2D eigenvalue weighted by molar-refractivity contribution is -0.385. The van der Waals surface area contributed by atoms with E-state index in [1.54, 1.807) is 37.3 Å². The number of benzene rings is 3. The number of hydrogen-bond donors (Lipinski definition) is 0. The number of aliphatic imine (C=N–C) groups is 1. The van der Waals surface area contributed by atoms with E-state index < -0.39 is 4.92 Å². The summed E-state index contributed by atoms with van der Waals surface area (Å²) in [5.74, 6) is 0.569. The fourth-order valence-electron chi connectivity index (χ4n) is 3.92. The van der Waals surface area contributed by atoms with Crippen LogP contribution in [0.15, 0.2) is 65.7 Å². The summed E-state index contributed by atoms with van der Waals surface area (Å²) in [5.41, 5.74) is 4.84. The van der Waals surface area contributed by atoms with Crippen molar-refractivity contribution >= 4 is 39.2 Å². The van der Waals surface area contributed by atoms with Crippen LogP contribution in [0.25, 0.3) is 0 Å². The minimum absolute atomic E-state index is 0.0570. The fourth-order valence-corrected chi connectivity index (χ4v) is 4.12. The van der Waals surface area contributed by atoms with Crippen molar-refractivity contribution in [2.75, 3.05) is 25.7 Å². The molecule has 1 aliphatic rings. The summed E-state index contributed by atoms with van der Waals surface area (Å²) in [6.45, 7) is 4.90. The molecule has 0 bridgehead atoms. The Labute approximate surface area is 212 Å². The summed E-state index contributed by atoms with van der Waals surface area (Å²) in [6.07, 6.45) is 0.878. The van der Waals surface area contributed by atoms with Crippen LogP contribution in [0.5, 0.6) is 5.75 Å². The molecule has 188 valence electrons. The lowest BCUT2D eigenvalue weighted by atomic mass is 10.1. The maximum absolute atomic E-state index is 12.8. The molecule has 9 nitrogen and oxygen atoms in total. The van der Waals surface area contributed by atoms with Crippen molar-refractivity contribution in [2.45, 2.75) is 19.6 Å². The van der Waals surface area contributed by atoms with Crippen molar-refractivity contribution in [3.05, 3.63) is 93.0 Å². The molecule has 1 heterocycles. The van der Waals surface area contributed by atoms with Gasteiger partial charge in [-0.2, -0.15) is 0 Å². The van der Waals surface area contributed by atoms with Crippen LogP contribution in [0.4, 0.5) is 17.1 Å². The van der Waals surface area contributed by atoms with Crippen LogP contribution in [0.1, 0.15) is 27.0 Å². The van der Waals surface area contributed by atoms with E-state index in [-0.39, 0.29) is 11.6 Å². The van der Waals surface area contributed by atoms with Gasteiger partial charge in [-0.3, -0.25) is 19.9 Å². The molecule has 0 fully saturated rings. The molecule has 10 heteroatoms. The van der Waals surface area contributed by atoms with Gasteiger partial charge in [0.15, 0.2) is 0 Å². The summed E-state index contributed by atoms with van der Waals surface area (Å²) in [6, 6.07) is 18.0. The average molecular weight is 509 g/mol. The number of nitrogens with zero attached hydrogens (tertiary/aromatic N) is 3. The van der Waals surface area contributed by atoms with Crippen LogP contribution >= 0.6 is 9.47 Å². The quantitative estimate of drug-likeness (QED) is 0.177. The zero-order valence-electron chi connectivity index (χ0n) is 20.2. The molecule has 0 saturated heterocycles. The number of rotatable bonds is 8. The molecule has 3 aromatic carbocycles. The molecule has 3 aromatic rings. The Morgan fingerprint density at radius 1 is 1.11 bits per heavy atom. The fraction of sp³-hybridized carbons (Fsp3) is 0.231. The van der Waals surface area contributed by atoms with E-state index in [0.717, 1.165) is 23.2 Å². The maximum Gasteiger partial charge on any atom is 0.270 e. The highest BCUT2D eigenvalue weighted by molar-refractivity contribution is 7.09. The smallest absolute Gasteiger partial charge is 0.270 e. The molecule has 0 radical (unpaired) electrons. The third kappa shape index (κ3) is 6.51. The minimum Gasteiger partial charge on any atom is -0.497 e. The predicted octanol–water partition coefficient (Wildman–Crippen LogP) is 5.28. The molecule has 0 N–H and O–H groups in total. The highest BCUT2D eigenvalue weighted by atomic mass is 31.0. The van der Waals surface area contributed by atoms with Gasteiger partial charge in [-0.15, -0.1) is 0 Å². The monoisotopic (exact) mass is 509 g/mol. The third-order valence-corrected chi connectivity index (χ3v) is 5.71. The summed E-state index contributed by atoms with van der Waals surface area (Å²) < 4.78 is 15.0. The van der Waals surface area contributed by atoms with Crippen LogP contribution in [-0.4, -0.2) is 38.3 Å². The van der Waals surface area contributed by atoms with E-state index in [0.29, 0.717) is 36.8 Å². The topological polar surface area (TPSA) is 104 Å². The number of ether oxygens (including phenoxy) is 2. The highest BCUT2D eigenvalue weighted by Gasteiger charge is 2.26. The first-order valence-electron chi connectivity index (χ1n) is 11.0. The van der Waals surface area contributed by atoms with Crippen LogP contribution in [0.2, 0.25) is 0 Å². The summed E-state index contributed by atoms with van der Waals surface area (Å²) in [4.78, 5) is 28.8. The van der Waals surface area contributed by atoms with E-state index in [1.807, 2.05) is 24.3 Å². The number of methoxy groups -OCH3 is 2. The van der Waals surface area contributed by atoms with Gasteiger partial charge in [0.25, 0.3) is 11.6 Å². The number of carbonyl (C=O) groups excluding carboxylic acids is 1. The molecule has 1 amide bonds. The van der Waals surface area contributed by atoms with Crippen molar-refractivity contribution in [2.24, 2.45) is 4.99 Å². The number of hydrogen-bond acceptors (Lipinski definition) is 7. The molecule has 0 aliphatic carbocycles. The minimum atomic E-state index is -0.425. The maximum atomic E-state index is 12.8. The van der Waals surface area contributed by atoms with Crippen LogP contribution in [-0.2, 0) is 28.9 Å². The van der Waals surface area contributed by atoms with Gasteiger partial charge in [0.05, 0.1) is 36.5 Å². The number of para-hydroxylation sites is 1. The lowest BCUT2D eigenvalue weighted by Gasteiger charge is -2.18. The van der Waals surface area contributed by atoms with Gasteiger partial charge in [0.2, 0.25) is 0 Å². The van der Waals surface area contributed by atoms with Crippen molar-refractivity contribution < 1.29 is 23.7 Å². The lowest BCUT2D eigenvalue weighted by Crippen LogP contribution is -2.28. The van der Waals surface area contributed by atoms with Gasteiger partial charge in [-0.25, -0.2) is 0 Å². The highest BCUT2D eigenvalue weighted by Crippen LogP contribution is 2.32. The van der Waals surface area contributed by atoms with E-state index in [1.165, 1.54) is 17.7 Å². The average Bonchev–Trinajstić information content (AvgIpc) is 3.33. The zero-order valence-corrected chi connectivity index (χ0v) is 21.3. The molecular weight excluding hydrogens is 481 g/mol. The number of amides is 1. The first-order chi connectivity index (χ1) is 17.4. The molecule has 0 aromatic heterocycles. The first kappa shape index (κ1) is 26.9. The number of nitro groups is 1. The first-order valence-corrected chi connectivity index (χ1v) is 11.5. The molecule has 36 heavy (non-hydrogen) atoms. The van der Waals surface area contributed by atoms with E-state index >= 15 is 0 Å². The normalized spacial score (nSPS) is 11.8. The van der Waals surface area contributed by atoms with Gasteiger partial charge in [0.1, 0.15) is 5.75 Å². The Balaban J connectivity index is 0.000000214. The van der Waals surface area contributed by atoms with Crippen molar-refractivity contribution in [1.82, 2.24) is 0 Å². The summed E-state index contributed by atoms with van der Waals surface area (Å²) in [5, 5.41) is 10.6. The second-order valence-electron chi connectivity index (χ2n) is 7.89. The largest absolute Gasteiger partial charge is 0.497 e. The number of non-ortho nitro benzene ring substituents is 1. The second kappa shape index (κ2) is 12.9. The Morgan fingerprint density at radius 2 is 1.83 bits per heavy atom. The van der Waals surface area contributed by atoms with Gasteiger partial charge < -0.3 is 18.9 Å². The number of carbonyl (C=O) groups is 1. The van der Waals surface area contributed by atoms with Crippen molar-refractivity contribution in [1.29, 1.82) is 0 Å². The van der Waals surface area contributed by atoms with E-state index in [2.05, 4.69) is 27.2 Å². The van der Waals surface area contributed by atoms with Crippen LogP contribution in [0.3, 0.4) is 0 Å². The Kier molecular flexibility index (Phi) is 9.64. The molecule has 1 unspecified atom stereocenters. The number of fused-ring (bicyclic) bond motifs is 1. The molecular formula is C26H28N3O6P. The third-order valence-electron chi connectivity index (χ3n) is 5.55. The Bertz CT molecular complexity index is 1230.